The lowest BCUT2D eigenvalue weighted by atomic mass is 10.1. The number of thioether (sulfide) groups is 1. The molecule has 9 heteroatoms. The summed E-state index contributed by atoms with van der Waals surface area (Å²) in [5, 5.41) is 10.4. The third-order valence-electron chi connectivity index (χ3n) is 5.17. The Bertz CT molecular complexity index is 1320. The molecule has 34 heavy (non-hydrogen) atoms. The number of hydrogen-bond donors (Lipinski definition) is 0. The molecule has 1 aliphatic heterocycles. The monoisotopic (exact) mass is 474 g/mol. The average molecular weight is 474 g/mol. The zero-order valence-electron chi connectivity index (χ0n) is 18.0. The van der Waals surface area contributed by atoms with Crippen LogP contribution in [-0.4, -0.2) is 26.9 Å². The normalized spacial score (nSPS) is 14.5. The number of non-ortho nitro benzene ring substituents is 1. The molecule has 0 N–H and O–H groups in total. The lowest BCUT2D eigenvalue weighted by Gasteiger charge is -2.14. The van der Waals surface area contributed by atoms with Crippen LogP contribution < -0.4 is 4.74 Å². The zero-order valence-corrected chi connectivity index (χ0v) is 18.8. The predicted octanol–water partition coefficient (Wildman–Crippen LogP) is 5.36. The Morgan fingerprint density at radius 1 is 1.03 bits per heavy atom. The van der Waals surface area contributed by atoms with Crippen LogP contribution in [0.15, 0.2) is 77.7 Å². The molecule has 2 amide bonds. The molecular formula is C25H18N2O6S. The summed E-state index contributed by atoms with van der Waals surface area (Å²) < 4.78 is 5.29. The predicted molar refractivity (Wildman–Crippen MR) is 127 cm³/mol. The summed E-state index contributed by atoms with van der Waals surface area (Å²) >= 11 is 0.882. The molecule has 4 rings (SSSR count). The number of benzene rings is 3. The summed E-state index contributed by atoms with van der Waals surface area (Å²) in [7, 11) is 0. The first-order valence-corrected chi connectivity index (χ1v) is 11.0. The molecule has 1 fully saturated rings. The second-order valence-electron chi connectivity index (χ2n) is 7.46. The maximum Gasteiger partial charge on any atom is 0.343 e. The largest absolute Gasteiger partial charge is 0.423 e. The summed E-state index contributed by atoms with van der Waals surface area (Å²) in [6, 6.07) is 19.1. The van der Waals surface area contributed by atoms with Crippen LogP contribution in [0, 0.1) is 17.0 Å². The second kappa shape index (κ2) is 9.72. The number of ether oxygens (including phenoxy) is 1. The topological polar surface area (TPSA) is 107 Å². The van der Waals surface area contributed by atoms with Crippen LogP contribution in [0.4, 0.5) is 10.5 Å². The van der Waals surface area contributed by atoms with Crippen molar-refractivity contribution in [1.82, 2.24) is 4.90 Å². The molecule has 0 aliphatic carbocycles. The number of esters is 1. The van der Waals surface area contributed by atoms with E-state index in [-0.39, 0.29) is 34.7 Å². The molecule has 1 saturated heterocycles. The quantitative estimate of drug-likeness (QED) is 0.156. The lowest BCUT2D eigenvalue weighted by Crippen LogP contribution is -2.27. The molecule has 0 aromatic heterocycles. The highest BCUT2D eigenvalue weighted by molar-refractivity contribution is 8.18. The van der Waals surface area contributed by atoms with Gasteiger partial charge in [-0.2, -0.15) is 0 Å². The molecule has 0 radical (unpaired) electrons. The van der Waals surface area contributed by atoms with Gasteiger partial charge in [-0.3, -0.25) is 24.6 Å². The molecule has 0 bridgehead atoms. The number of carbonyl (C=O) groups excluding carboxylic acids is 3. The van der Waals surface area contributed by atoms with Crippen LogP contribution in [0.25, 0.3) is 6.08 Å². The minimum atomic E-state index is -0.653. The summed E-state index contributed by atoms with van der Waals surface area (Å²) in [5.74, 6) is -0.736. The maximum absolute atomic E-state index is 12.8. The Morgan fingerprint density at radius 2 is 1.71 bits per heavy atom. The zero-order chi connectivity index (χ0) is 24.2. The molecule has 0 saturated carbocycles. The summed E-state index contributed by atoms with van der Waals surface area (Å²) in [6.45, 7) is 2.15. The standard InChI is InChI=1S/C25H18N2O6S/c1-16-4-2-3-5-19(16)15-26-23(28)22(34-25(26)30)14-17-6-12-21(13-7-17)33-24(29)18-8-10-20(11-9-18)27(31)32/h2-14H,15H2,1H3/b22-14-. The fourth-order valence-electron chi connectivity index (χ4n) is 3.26. The highest BCUT2D eigenvalue weighted by atomic mass is 32.2. The number of hydrogen-bond acceptors (Lipinski definition) is 7. The van der Waals surface area contributed by atoms with Gasteiger partial charge in [-0.1, -0.05) is 36.4 Å². The second-order valence-corrected chi connectivity index (χ2v) is 8.45. The Balaban J connectivity index is 1.42. The Hall–Kier alpha value is -4.24. The first-order valence-electron chi connectivity index (χ1n) is 10.2. The minimum Gasteiger partial charge on any atom is -0.423 e. The van der Waals surface area contributed by atoms with E-state index >= 15 is 0 Å². The number of amides is 2. The molecule has 0 unspecified atom stereocenters. The summed E-state index contributed by atoms with van der Waals surface area (Å²) in [4.78, 5) is 49.1. The molecule has 3 aromatic carbocycles. The van der Waals surface area contributed by atoms with Gasteiger partial charge < -0.3 is 4.74 Å². The molecule has 0 spiro atoms. The van der Waals surface area contributed by atoms with E-state index in [1.54, 1.807) is 30.3 Å². The van der Waals surface area contributed by atoms with Crippen LogP contribution in [0.2, 0.25) is 0 Å². The van der Waals surface area contributed by atoms with E-state index in [4.69, 9.17) is 4.74 Å². The molecular weight excluding hydrogens is 456 g/mol. The van der Waals surface area contributed by atoms with E-state index in [9.17, 15) is 24.5 Å². The smallest absolute Gasteiger partial charge is 0.343 e. The number of nitrogens with zero attached hydrogens (tertiary/aromatic N) is 2. The average Bonchev–Trinajstić information content (AvgIpc) is 3.09. The Labute approximate surface area is 199 Å². The number of carbonyl (C=O) groups is 3. The molecule has 170 valence electrons. The highest BCUT2D eigenvalue weighted by Gasteiger charge is 2.35. The van der Waals surface area contributed by atoms with Crippen LogP contribution in [0.1, 0.15) is 27.0 Å². The van der Waals surface area contributed by atoms with Crippen molar-refractivity contribution in [1.29, 1.82) is 0 Å². The lowest BCUT2D eigenvalue weighted by molar-refractivity contribution is -0.384. The molecule has 3 aromatic rings. The van der Waals surface area contributed by atoms with E-state index in [0.29, 0.717) is 10.5 Å². The van der Waals surface area contributed by atoms with Crippen molar-refractivity contribution >= 4 is 40.6 Å². The molecule has 0 atom stereocenters. The summed E-state index contributed by atoms with van der Waals surface area (Å²) in [6.07, 6.45) is 1.62. The van der Waals surface area contributed by atoms with E-state index in [0.717, 1.165) is 22.9 Å². The van der Waals surface area contributed by atoms with Crippen molar-refractivity contribution in [3.8, 4) is 5.75 Å². The Morgan fingerprint density at radius 3 is 2.35 bits per heavy atom. The fourth-order valence-corrected chi connectivity index (χ4v) is 4.10. The van der Waals surface area contributed by atoms with E-state index in [2.05, 4.69) is 0 Å². The van der Waals surface area contributed by atoms with Gasteiger partial charge >= 0.3 is 5.97 Å². The minimum absolute atomic E-state index is 0.121. The van der Waals surface area contributed by atoms with Gasteiger partial charge in [0.25, 0.3) is 16.8 Å². The van der Waals surface area contributed by atoms with Crippen molar-refractivity contribution in [2.45, 2.75) is 13.5 Å². The van der Waals surface area contributed by atoms with Gasteiger partial charge in [0.15, 0.2) is 0 Å². The van der Waals surface area contributed by atoms with E-state index in [1.165, 1.54) is 29.2 Å². The maximum atomic E-state index is 12.8. The number of aryl methyl sites for hydroxylation is 1. The number of imide groups is 1. The fraction of sp³-hybridized carbons (Fsp3) is 0.0800. The van der Waals surface area contributed by atoms with Gasteiger partial charge in [0.2, 0.25) is 0 Å². The third kappa shape index (κ3) is 5.05. The van der Waals surface area contributed by atoms with E-state index < -0.39 is 10.9 Å². The van der Waals surface area contributed by atoms with Gasteiger partial charge in [-0.25, -0.2) is 4.79 Å². The van der Waals surface area contributed by atoms with Crippen LogP contribution in [-0.2, 0) is 11.3 Å². The van der Waals surface area contributed by atoms with Crippen molar-refractivity contribution in [2.75, 3.05) is 0 Å². The first-order chi connectivity index (χ1) is 16.3. The van der Waals surface area contributed by atoms with Crippen LogP contribution in [0.3, 0.4) is 0 Å². The van der Waals surface area contributed by atoms with Gasteiger partial charge in [-0.15, -0.1) is 0 Å². The van der Waals surface area contributed by atoms with Crippen molar-refractivity contribution < 1.29 is 24.0 Å². The number of rotatable bonds is 6. The molecule has 1 heterocycles. The Kier molecular flexibility index (Phi) is 6.55. The van der Waals surface area contributed by atoms with Crippen molar-refractivity contribution in [2.24, 2.45) is 0 Å². The SMILES string of the molecule is Cc1ccccc1CN1C(=O)S/C(=C\c2ccc(OC(=O)c3ccc([N+](=O)[O-])cc3)cc2)C1=O. The van der Waals surface area contributed by atoms with Crippen molar-refractivity contribution in [3.05, 3.63) is 110 Å². The van der Waals surface area contributed by atoms with Crippen LogP contribution in [0.5, 0.6) is 5.75 Å². The van der Waals surface area contributed by atoms with Gasteiger partial charge in [0, 0.05) is 12.1 Å². The summed E-state index contributed by atoms with van der Waals surface area (Å²) in [5.41, 5.74) is 2.63. The molecule has 8 nitrogen and oxygen atoms in total. The third-order valence-corrected chi connectivity index (χ3v) is 6.07. The van der Waals surface area contributed by atoms with Gasteiger partial charge in [-0.05, 0) is 65.7 Å². The highest BCUT2D eigenvalue weighted by Crippen LogP contribution is 2.33. The van der Waals surface area contributed by atoms with Crippen molar-refractivity contribution in [3.63, 3.8) is 0 Å². The molecule has 1 aliphatic rings. The number of nitro groups is 1. The van der Waals surface area contributed by atoms with Gasteiger partial charge in [0.05, 0.1) is 21.9 Å². The first kappa shape index (κ1) is 22.9. The number of nitro benzene ring substituents is 1. The van der Waals surface area contributed by atoms with Crippen LogP contribution >= 0.6 is 11.8 Å². The van der Waals surface area contributed by atoms with Gasteiger partial charge in [0.1, 0.15) is 5.75 Å². The van der Waals surface area contributed by atoms with E-state index in [1.807, 2.05) is 31.2 Å².